The third-order valence-corrected chi connectivity index (χ3v) is 3.95. The smallest absolute Gasteiger partial charge is 0.270 e. The van der Waals surface area contributed by atoms with Crippen molar-refractivity contribution in [3.05, 3.63) is 59.2 Å². The van der Waals surface area contributed by atoms with Gasteiger partial charge in [0.1, 0.15) is 11.5 Å². The molecule has 0 bridgehead atoms. The Bertz CT molecular complexity index is 653. The van der Waals surface area contributed by atoms with Gasteiger partial charge in [0.25, 0.3) is 5.91 Å². The molecule has 4 nitrogen and oxygen atoms in total. The lowest BCUT2D eigenvalue weighted by molar-refractivity contribution is 0.0946. The minimum absolute atomic E-state index is 0.118. The van der Waals surface area contributed by atoms with Gasteiger partial charge in [-0.25, -0.2) is 9.97 Å². The van der Waals surface area contributed by atoms with E-state index in [1.54, 1.807) is 6.20 Å². The highest BCUT2D eigenvalue weighted by Gasteiger charge is 2.14. The summed E-state index contributed by atoms with van der Waals surface area (Å²) in [4.78, 5) is 21.0. The molecule has 1 aromatic heterocycles. The summed E-state index contributed by atoms with van der Waals surface area (Å²) in [5.41, 5.74) is 2.58. The number of hydrogen-bond donors (Lipinski definition) is 1. The predicted octanol–water partition coefficient (Wildman–Crippen LogP) is 3.83. The first kappa shape index (κ1) is 17.1. The van der Waals surface area contributed by atoms with Gasteiger partial charge in [0.15, 0.2) is 0 Å². The lowest BCUT2D eigenvalue weighted by atomic mass is 9.98. The van der Waals surface area contributed by atoms with Crippen LogP contribution in [0.15, 0.2) is 36.5 Å². The Kier molecular flexibility index (Phi) is 5.85. The summed E-state index contributed by atoms with van der Waals surface area (Å²) in [7, 11) is 0. The molecule has 2 rings (SSSR count). The van der Waals surface area contributed by atoms with Gasteiger partial charge in [0, 0.05) is 18.7 Å². The van der Waals surface area contributed by atoms with Crippen molar-refractivity contribution >= 4 is 5.91 Å². The van der Waals surface area contributed by atoms with Gasteiger partial charge < -0.3 is 5.32 Å². The molecule has 0 fully saturated rings. The SMILES string of the molecule is Cc1cnc(C(C)C)nc1C(=O)NCCC(C)c1ccccc1. The summed E-state index contributed by atoms with van der Waals surface area (Å²) in [6.45, 7) is 8.72. The van der Waals surface area contributed by atoms with Crippen LogP contribution in [-0.4, -0.2) is 22.4 Å². The van der Waals surface area contributed by atoms with Crippen LogP contribution in [0.2, 0.25) is 0 Å². The first-order chi connectivity index (χ1) is 11.0. The predicted molar refractivity (Wildman–Crippen MR) is 92.7 cm³/mol. The zero-order chi connectivity index (χ0) is 16.8. The van der Waals surface area contributed by atoms with E-state index >= 15 is 0 Å². The highest BCUT2D eigenvalue weighted by Crippen LogP contribution is 2.17. The molecule has 122 valence electrons. The van der Waals surface area contributed by atoms with Crippen LogP contribution in [0.1, 0.15) is 66.5 Å². The Morgan fingerprint density at radius 3 is 2.52 bits per heavy atom. The number of rotatable bonds is 6. The molecule has 0 aliphatic heterocycles. The van der Waals surface area contributed by atoms with Crippen molar-refractivity contribution in [3.63, 3.8) is 0 Å². The van der Waals surface area contributed by atoms with Crippen molar-refractivity contribution in [1.29, 1.82) is 0 Å². The van der Waals surface area contributed by atoms with Gasteiger partial charge in [-0.15, -0.1) is 0 Å². The second-order valence-corrected chi connectivity index (χ2v) is 6.27. The first-order valence-corrected chi connectivity index (χ1v) is 8.15. The number of nitrogens with one attached hydrogen (secondary N) is 1. The molecule has 0 saturated heterocycles. The van der Waals surface area contributed by atoms with Crippen LogP contribution < -0.4 is 5.32 Å². The van der Waals surface area contributed by atoms with E-state index in [1.807, 2.05) is 39.0 Å². The molecule has 1 atom stereocenters. The fourth-order valence-corrected chi connectivity index (χ4v) is 2.40. The summed E-state index contributed by atoms with van der Waals surface area (Å²) in [6.07, 6.45) is 2.63. The van der Waals surface area contributed by atoms with E-state index in [2.05, 4.69) is 34.3 Å². The van der Waals surface area contributed by atoms with E-state index in [0.29, 0.717) is 24.0 Å². The second kappa shape index (κ2) is 7.86. The Morgan fingerprint density at radius 1 is 1.17 bits per heavy atom. The van der Waals surface area contributed by atoms with Crippen molar-refractivity contribution in [1.82, 2.24) is 15.3 Å². The van der Waals surface area contributed by atoms with Crippen molar-refractivity contribution in [2.45, 2.75) is 46.0 Å². The Balaban J connectivity index is 1.94. The molecule has 0 saturated carbocycles. The van der Waals surface area contributed by atoms with Gasteiger partial charge in [-0.05, 0) is 30.4 Å². The molecule has 0 aliphatic rings. The van der Waals surface area contributed by atoms with Gasteiger partial charge in [-0.3, -0.25) is 4.79 Å². The molecular weight excluding hydrogens is 286 g/mol. The quantitative estimate of drug-likeness (QED) is 0.882. The van der Waals surface area contributed by atoms with Gasteiger partial charge >= 0.3 is 0 Å². The maximum Gasteiger partial charge on any atom is 0.270 e. The van der Waals surface area contributed by atoms with Crippen LogP contribution in [0, 0.1) is 6.92 Å². The minimum Gasteiger partial charge on any atom is -0.351 e. The van der Waals surface area contributed by atoms with E-state index < -0.39 is 0 Å². The molecule has 1 aromatic carbocycles. The van der Waals surface area contributed by atoms with Crippen molar-refractivity contribution in [3.8, 4) is 0 Å². The van der Waals surface area contributed by atoms with Gasteiger partial charge in [0.2, 0.25) is 0 Å². The third kappa shape index (κ3) is 4.62. The van der Waals surface area contributed by atoms with Crippen molar-refractivity contribution < 1.29 is 4.79 Å². The van der Waals surface area contributed by atoms with Crippen LogP contribution in [0.3, 0.4) is 0 Å². The number of carbonyl (C=O) groups is 1. The average molecular weight is 311 g/mol. The van der Waals surface area contributed by atoms with Gasteiger partial charge in [-0.1, -0.05) is 51.1 Å². The molecule has 0 radical (unpaired) electrons. The molecule has 1 heterocycles. The zero-order valence-electron chi connectivity index (χ0n) is 14.3. The number of hydrogen-bond acceptors (Lipinski definition) is 3. The van der Waals surface area contributed by atoms with Crippen LogP contribution in [0.4, 0.5) is 0 Å². The fraction of sp³-hybridized carbons (Fsp3) is 0.421. The van der Waals surface area contributed by atoms with E-state index in [9.17, 15) is 4.79 Å². The largest absolute Gasteiger partial charge is 0.351 e. The maximum atomic E-state index is 12.4. The summed E-state index contributed by atoms with van der Waals surface area (Å²) >= 11 is 0. The van der Waals surface area contributed by atoms with Crippen LogP contribution in [-0.2, 0) is 0 Å². The highest BCUT2D eigenvalue weighted by atomic mass is 16.1. The van der Waals surface area contributed by atoms with E-state index in [4.69, 9.17) is 0 Å². The molecule has 1 N–H and O–H groups in total. The summed E-state index contributed by atoms with van der Waals surface area (Å²) in [6, 6.07) is 10.3. The van der Waals surface area contributed by atoms with Crippen LogP contribution in [0.5, 0.6) is 0 Å². The number of benzene rings is 1. The summed E-state index contributed by atoms with van der Waals surface area (Å²) in [5.74, 6) is 1.21. The lowest BCUT2D eigenvalue weighted by Crippen LogP contribution is -2.27. The molecule has 0 aliphatic carbocycles. The van der Waals surface area contributed by atoms with E-state index in [-0.39, 0.29) is 11.8 Å². The Hall–Kier alpha value is -2.23. The summed E-state index contributed by atoms with van der Waals surface area (Å²) in [5, 5.41) is 2.98. The number of aryl methyl sites for hydroxylation is 1. The number of aromatic nitrogens is 2. The van der Waals surface area contributed by atoms with E-state index in [1.165, 1.54) is 5.56 Å². The minimum atomic E-state index is -0.118. The van der Waals surface area contributed by atoms with Gasteiger partial charge in [-0.2, -0.15) is 0 Å². The fourth-order valence-electron chi connectivity index (χ4n) is 2.40. The maximum absolute atomic E-state index is 12.4. The first-order valence-electron chi connectivity index (χ1n) is 8.15. The number of amides is 1. The van der Waals surface area contributed by atoms with E-state index in [0.717, 1.165) is 12.0 Å². The third-order valence-electron chi connectivity index (χ3n) is 3.95. The normalized spacial score (nSPS) is 12.2. The van der Waals surface area contributed by atoms with Gasteiger partial charge in [0.05, 0.1) is 0 Å². The molecule has 23 heavy (non-hydrogen) atoms. The lowest BCUT2D eigenvalue weighted by Gasteiger charge is -2.13. The monoisotopic (exact) mass is 311 g/mol. The number of nitrogens with zero attached hydrogens (tertiary/aromatic N) is 2. The molecule has 1 amide bonds. The van der Waals surface area contributed by atoms with Crippen LogP contribution >= 0.6 is 0 Å². The Morgan fingerprint density at radius 2 is 1.87 bits per heavy atom. The molecule has 4 heteroatoms. The average Bonchev–Trinajstić information content (AvgIpc) is 2.55. The number of carbonyl (C=O) groups excluding carboxylic acids is 1. The highest BCUT2D eigenvalue weighted by molar-refractivity contribution is 5.93. The molecule has 1 unspecified atom stereocenters. The molecular formula is C19H25N3O. The van der Waals surface area contributed by atoms with Crippen LogP contribution in [0.25, 0.3) is 0 Å². The topological polar surface area (TPSA) is 54.9 Å². The second-order valence-electron chi connectivity index (χ2n) is 6.27. The Labute approximate surface area is 138 Å². The molecule has 0 spiro atoms. The standard InChI is InChI=1S/C19H25N3O/c1-13(2)18-21-12-15(4)17(22-18)19(23)20-11-10-14(3)16-8-6-5-7-9-16/h5-9,12-14H,10-11H2,1-4H3,(H,20,23). The van der Waals surface area contributed by atoms with Crippen molar-refractivity contribution in [2.24, 2.45) is 0 Å². The van der Waals surface area contributed by atoms with Crippen molar-refractivity contribution in [2.75, 3.05) is 6.54 Å². The molecule has 2 aromatic rings. The summed E-state index contributed by atoms with van der Waals surface area (Å²) < 4.78 is 0. The zero-order valence-corrected chi connectivity index (χ0v) is 14.3.